The van der Waals surface area contributed by atoms with Gasteiger partial charge in [0.05, 0.1) is 0 Å². The van der Waals surface area contributed by atoms with Crippen LogP contribution in [0, 0.1) is 5.92 Å². The molecule has 1 aromatic rings. The Morgan fingerprint density at radius 3 is 2.48 bits per heavy atom. The Morgan fingerprint density at radius 1 is 1.24 bits per heavy atom. The molecule has 0 radical (unpaired) electrons. The predicted octanol–water partition coefficient (Wildman–Crippen LogP) is 3.80. The standard InChI is InChI=1S/C17H29N3O/c1-6-20(7-2)17(21)16-12-15(10-11-18-16)19-14(5)9-8-13(3)4/h10-14H,6-9H2,1-5H3,(H,18,19). The van der Waals surface area contributed by atoms with Crippen LogP contribution in [0.2, 0.25) is 0 Å². The molecule has 1 N–H and O–H groups in total. The fourth-order valence-electron chi connectivity index (χ4n) is 2.25. The summed E-state index contributed by atoms with van der Waals surface area (Å²) in [6.07, 6.45) is 4.03. The number of anilines is 1. The van der Waals surface area contributed by atoms with Crippen LogP contribution < -0.4 is 5.32 Å². The maximum Gasteiger partial charge on any atom is 0.272 e. The molecule has 1 aromatic heterocycles. The summed E-state index contributed by atoms with van der Waals surface area (Å²) in [6.45, 7) is 12.0. The third-order valence-electron chi connectivity index (χ3n) is 3.62. The van der Waals surface area contributed by atoms with Crippen molar-refractivity contribution in [2.45, 2.75) is 53.5 Å². The first-order valence-corrected chi connectivity index (χ1v) is 7.99. The lowest BCUT2D eigenvalue weighted by Crippen LogP contribution is -2.31. The molecule has 1 unspecified atom stereocenters. The zero-order valence-corrected chi connectivity index (χ0v) is 14.0. The van der Waals surface area contributed by atoms with Crippen LogP contribution in [0.25, 0.3) is 0 Å². The summed E-state index contributed by atoms with van der Waals surface area (Å²) in [7, 11) is 0. The van der Waals surface area contributed by atoms with Gasteiger partial charge in [0.2, 0.25) is 0 Å². The van der Waals surface area contributed by atoms with E-state index in [1.54, 1.807) is 11.1 Å². The third-order valence-corrected chi connectivity index (χ3v) is 3.62. The minimum atomic E-state index is -0.00140. The molecule has 1 heterocycles. The molecule has 0 fully saturated rings. The Labute approximate surface area is 129 Å². The third kappa shape index (κ3) is 5.74. The van der Waals surface area contributed by atoms with Gasteiger partial charge in [0.25, 0.3) is 5.91 Å². The molecule has 118 valence electrons. The van der Waals surface area contributed by atoms with Crippen LogP contribution in [-0.4, -0.2) is 34.9 Å². The van der Waals surface area contributed by atoms with E-state index >= 15 is 0 Å². The number of carbonyl (C=O) groups excluding carboxylic acids is 1. The van der Waals surface area contributed by atoms with Crippen LogP contribution in [0.4, 0.5) is 5.69 Å². The Bertz CT molecular complexity index is 441. The van der Waals surface area contributed by atoms with Crippen molar-refractivity contribution < 1.29 is 4.79 Å². The molecule has 4 nitrogen and oxygen atoms in total. The smallest absolute Gasteiger partial charge is 0.272 e. The molecule has 1 amide bonds. The number of carbonyl (C=O) groups is 1. The zero-order valence-electron chi connectivity index (χ0n) is 14.0. The summed E-state index contributed by atoms with van der Waals surface area (Å²) < 4.78 is 0. The SMILES string of the molecule is CCN(CC)C(=O)c1cc(NC(C)CCC(C)C)ccn1. The largest absolute Gasteiger partial charge is 0.382 e. The van der Waals surface area contributed by atoms with E-state index in [1.165, 1.54) is 6.42 Å². The minimum absolute atomic E-state index is 0.00140. The van der Waals surface area contributed by atoms with Crippen molar-refractivity contribution in [3.05, 3.63) is 24.0 Å². The number of hydrogen-bond donors (Lipinski definition) is 1. The van der Waals surface area contributed by atoms with Crippen molar-refractivity contribution in [2.75, 3.05) is 18.4 Å². The maximum atomic E-state index is 12.3. The summed E-state index contributed by atoms with van der Waals surface area (Å²) in [5, 5.41) is 3.46. The summed E-state index contributed by atoms with van der Waals surface area (Å²) in [5.74, 6) is 0.713. The van der Waals surface area contributed by atoms with E-state index in [9.17, 15) is 4.79 Å². The first-order valence-electron chi connectivity index (χ1n) is 7.99. The molecule has 0 aromatic carbocycles. The zero-order chi connectivity index (χ0) is 15.8. The van der Waals surface area contributed by atoms with Crippen LogP contribution in [0.3, 0.4) is 0 Å². The summed E-state index contributed by atoms with van der Waals surface area (Å²) in [6, 6.07) is 4.17. The van der Waals surface area contributed by atoms with Gasteiger partial charge in [-0.05, 0) is 51.7 Å². The van der Waals surface area contributed by atoms with Crippen LogP contribution in [0.1, 0.15) is 57.9 Å². The van der Waals surface area contributed by atoms with Crippen molar-refractivity contribution in [1.29, 1.82) is 0 Å². The molecule has 1 atom stereocenters. The molecule has 0 aliphatic rings. The van der Waals surface area contributed by atoms with Crippen LogP contribution in [0.15, 0.2) is 18.3 Å². The van der Waals surface area contributed by atoms with Crippen molar-refractivity contribution >= 4 is 11.6 Å². The molecule has 0 bridgehead atoms. The fraction of sp³-hybridized carbons (Fsp3) is 0.647. The molecule has 1 rings (SSSR count). The van der Waals surface area contributed by atoms with Crippen LogP contribution >= 0.6 is 0 Å². The lowest BCUT2D eigenvalue weighted by atomic mass is 10.0. The van der Waals surface area contributed by atoms with E-state index in [4.69, 9.17) is 0 Å². The number of nitrogens with zero attached hydrogens (tertiary/aromatic N) is 2. The highest BCUT2D eigenvalue weighted by atomic mass is 16.2. The molecule has 0 aliphatic carbocycles. The number of rotatable bonds is 8. The fourth-order valence-corrected chi connectivity index (χ4v) is 2.25. The van der Waals surface area contributed by atoms with Gasteiger partial charge in [0.1, 0.15) is 5.69 Å². The summed E-state index contributed by atoms with van der Waals surface area (Å²) in [4.78, 5) is 18.3. The van der Waals surface area contributed by atoms with Crippen molar-refractivity contribution in [3.63, 3.8) is 0 Å². The topological polar surface area (TPSA) is 45.2 Å². The van der Waals surface area contributed by atoms with Crippen molar-refractivity contribution in [1.82, 2.24) is 9.88 Å². The van der Waals surface area contributed by atoms with Gasteiger partial charge in [-0.2, -0.15) is 0 Å². The second-order valence-electron chi connectivity index (χ2n) is 5.92. The molecule has 0 saturated heterocycles. The Balaban J connectivity index is 2.70. The Hall–Kier alpha value is -1.58. The average Bonchev–Trinajstić information content (AvgIpc) is 2.46. The highest BCUT2D eigenvalue weighted by Gasteiger charge is 2.14. The van der Waals surface area contributed by atoms with Crippen LogP contribution in [0.5, 0.6) is 0 Å². The molecule has 0 spiro atoms. The van der Waals surface area contributed by atoms with Gasteiger partial charge in [-0.15, -0.1) is 0 Å². The average molecular weight is 291 g/mol. The number of aromatic nitrogens is 1. The lowest BCUT2D eigenvalue weighted by Gasteiger charge is -2.19. The number of pyridine rings is 1. The van der Waals surface area contributed by atoms with Gasteiger partial charge in [-0.1, -0.05) is 13.8 Å². The monoisotopic (exact) mass is 291 g/mol. The molecule has 0 saturated carbocycles. The van der Waals surface area contributed by atoms with E-state index in [-0.39, 0.29) is 5.91 Å². The van der Waals surface area contributed by atoms with E-state index in [0.717, 1.165) is 12.1 Å². The minimum Gasteiger partial charge on any atom is -0.382 e. The van der Waals surface area contributed by atoms with Gasteiger partial charge in [-0.3, -0.25) is 9.78 Å². The summed E-state index contributed by atoms with van der Waals surface area (Å²) in [5.41, 5.74) is 1.48. The van der Waals surface area contributed by atoms with E-state index in [0.29, 0.717) is 30.7 Å². The molecular weight excluding hydrogens is 262 g/mol. The van der Waals surface area contributed by atoms with E-state index in [2.05, 4.69) is 31.1 Å². The van der Waals surface area contributed by atoms with Gasteiger partial charge < -0.3 is 10.2 Å². The maximum absolute atomic E-state index is 12.3. The van der Waals surface area contributed by atoms with E-state index < -0.39 is 0 Å². The van der Waals surface area contributed by atoms with Crippen molar-refractivity contribution in [2.24, 2.45) is 5.92 Å². The van der Waals surface area contributed by atoms with Gasteiger partial charge in [-0.25, -0.2) is 0 Å². The van der Waals surface area contributed by atoms with E-state index in [1.807, 2.05) is 26.0 Å². The lowest BCUT2D eigenvalue weighted by molar-refractivity contribution is 0.0767. The highest BCUT2D eigenvalue weighted by molar-refractivity contribution is 5.93. The quantitative estimate of drug-likeness (QED) is 0.792. The first-order chi connectivity index (χ1) is 9.97. The first kappa shape index (κ1) is 17.5. The predicted molar refractivity (Wildman–Crippen MR) is 88.6 cm³/mol. The van der Waals surface area contributed by atoms with Crippen molar-refractivity contribution in [3.8, 4) is 0 Å². The number of hydrogen-bond acceptors (Lipinski definition) is 3. The van der Waals surface area contributed by atoms with Crippen LogP contribution in [-0.2, 0) is 0 Å². The molecule has 0 aliphatic heterocycles. The normalized spacial score (nSPS) is 12.3. The molecule has 4 heteroatoms. The Kier molecular flexibility index (Phi) is 7.20. The van der Waals surface area contributed by atoms with Gasteiger partial charge in [0, 0.05) is 31.0 Å². The molecular formula is C17H29N3O. The second-order valence-corrected chi connectivity index (χ2v) is 5.92. The molecule has 21 heavy (non-hydrogen) atoms. The number of nitrogens with one attached hydrogen (secondary N) is 1. The van der Waals surface area contributed by atoms with Gasteiger partial charge >= 0.3 is 0 Å². The van der Waals surface area contributed by atoms with Gasteiger partial charge in [0.15, 0.2) is 0 Å². The Morgan fingerprint density at radius 2 is 1.90 bits per heavy atom. The highest BCUT2D eigenvalue weighted by Crippen LogP contribution is 2.14. The second kappa shape index (κ2) is 8.65. The summed E-state index contributed by atoms with van der Waals surface area (Å²) >= 11 is 0. The number of amides is 1.